The second kappa shape index (κ2) is 24.9. The molecule has 17 nitrogen and oxygen atoms in total. The first-order valence-electron chi connectivity index (χ1n) is 24.5. The maximum Gasteiger partial charge on any atom is 0.410 e. The van der Waals surface area contributed by atoms with E-state index in [-0.39, 0.29) is 105 Å². The summed E-state index contributed by atoms with van der Waals surface area (Å²) in [6.07, 6.45) is 5.44. The molecule has 2 aliphatic heterocycles. The Kier molecular flexibility index (Phi) is 18.8. The predicted molar refractivity (Wildman–Crippen MR) is 264 cm³/mol. The number of piperazine rings is 1. The number of nitrogens with zero attached hydrogens (tertiary/aromatic N) is 6. The molecule has 2 aliphatic rings. The Labute approximate surface area is 405 Å². The van der Waals surface area contributed by atoms with Gasteiger partial charge in [-0.25, -0.2) is 9.78 Å². The molecule has 372 valence electrons. The third kappa shape index (κ3) is 14.7. The van der Waals surface area contributed by atoms with Gasteiger partial charge >= 0.3 is 6.09 Å². The van der Waals surface area contributed by atoms with Gasteiger partial charge in [-0.2, -0.15) is 4.98 Å². The fourth-order valence-electron chi connectivity index (χ4n) is 8.78. The third-order valence-corrected chi connectivity index (χ3v) is 13.1. The number of aromatic nitrogens is 3. The van der Waals surface area contributed by atoms with Crippen LogP contribution in [0.2, 0.25) is 0 Å². The van der Waals surface area contributed by atoms with E-state index >= 15 is 0 Å². The van der Waals surface area contributed by atoms with Crippen LogP contribution >= 0.6 is 0 Å². The van der Waals surface area contributed by atoms with Crippen LogP contribution in [0.4, 0.5) is 16.6 Å². The van der Waals surface area contributed by atoms with E-state index < -0.39 is 12.0 Å². The number of hydrogen-bond donors (Lipinski definition) is 3. The fraction of sp³-hybridized carbons (Fsp3) is 0.538. The summed E-state index contributed by atoms with van der Waals surface area (Å²) < 4.78 is 13.4. The van der Waals surface area contributed by atoms with E-state index in [4.69, 9.17) is 15.2 Å². The first-order valence-corrected chi connectivity index (χ1v) is 24.5. The number of rotatable bonds is 25. The van der Waals surface area contributed by atoms with Gasteiger partial charge in [0.15, 0.2) is 11.6 Å². The molecule has 1 unspecified atom stereocenters. The number of aryl methyl sites for hydroxylation is 1. The highest BCUT2D eigenvalue weighted by molar-refractivity contribution is 6.03. The summed E-state index contributed by atoms with van der Waals surface area (Å²) in [5.41, 5.74) is 13.0. The molecule has 17 heteroatoms. The summed E-state index contributed by atoms with van der Waals surface area (Å²) in [4.78, 5) is 90.5. The van der Waals surface area contributed by atoms with Crippen molar-refractivity contribution in [1.29, 1.82) is 0 Å². The van der Waals surface area contributed by atoms with Crippen LogP contribution in [0.15, 0.2) is 54.7 Å². The number of carbonyl (C=O) groups excluding carboxylic acids is 6. The monoisotopic (exact) mass is 950 g/mol. The molecule has 2 aromatic heterocycles. The number of anilines is 2. The van der Waals surface area contributed by atoms with Gasteiger partial charge in [-0.05, 0) is 60.1 Å². The van der Waals surface area contributed by atoms with Crippen molar-refractivity contribution in [2.75, 3.05) is 63.5 Å². The fourth-order valence-corrected chi connectivity index (χ4v) is 8.78. The average Bonchev–Trinajstić information content (AvgIpc) is 3.83. The van der Waals surface area contributed by atoms with Gasteiger partial charge in [-0.1, -0.05) is 83.0 Å². The van der Waals surface area contributed by atoms with E-state index in [2.05, 4.69) is 62.1 Å². The van der Waals surface area contributed by atoms with Gasteiger partial charge in [0, 0.05) is 89.5 Å². The Morgan fingerprint density at radius 2 is 1.62 bits per heavy atom. The number of likely N-dealkylation sites (tertiary alicyclic amines) is 1. The molecule has 4 amide bonds. The number of nitrogens with two attached hydrogens (primary N) is 1. The van der Waals surface area contributed by atoms with E-state index in [1.54, 1.807) is 18.7 Å². The molecule has 4 aromatic rings. The van der Waals surface area contributed by atoms with E-state index in [1.165, 1.54) is 21.6 Å². The number of carbonyl (C=O) groups is 6. The summed E-state index contributed by atoms with van der Waals surface area (Å²) in [5.74, 6) is -1.16. The normalized spacial score (nSPS) is 16.3. The molecule has 6 rings (SSSR count). The number of ketones is 2. The first-order chi connectivity index (χ1) is 33.1. The topological polar surface area (TPSA) is 211 Å². The summed E-state index contributed by atoms with van der Waals surface area (Å²) in [7, 11) is 0. The molecule has 4 heterocycles. The van der Waals surface area contributed by atoms with E-state index in [9.17, 15) is 28.8 Å². The van der Waals surface area contributed by atoms with Crippen LogP contribution in [0, 0.1) is 24.7 Å². The lowest BCUT2D eigenvalue weighted by atomic mass is 9.88. The van der Waals surface area contributed by atoms with Gasteiger partial charge in [0.2, 0.25) is 23.7 Å². The largest absolute Gasteiger partial charge is 0.445 e. The van der Waals surface area contributed by atoms with E-state index in [1.807, 2.05) is 50.4 Å². The number of amides is 4. The Bertz CT molecular complexity index is 2430. The van der Waals surface area contributed by atoms with Crippen LogP contribution in [0.5, 0.6) is 0 Å². The zero-order valence-corrected chi connectivity index (χ0v) is 41.3. The van der Waals surface area contributed by atoms with Crippen LogP contribution in [-0.4, -0.2) is 123 Å². The average molecular weight is 950 g/mol. The van der Waals surface area contributed by atoms with Crippen molar-refractivity contribution >= 4 is 58.2 Å². The summed E-state index contributed by atoms with van der Waals surface area (Å²) >= 11 is 0. The van der Waals surface area contributed by atoms with Crippen LogP contribution in [-0.2, 0) is 59.6 Å². The molecule has 0 bridgehead atoms. The number of unbranched alkanes of at least 4 members (excludes halogenated alkanes) is 2. The van der Waals surface area contributed by atoms with Gasteiger partial charge in [0.25, 0.3) is 0 Å². The second-order valence-corrected chi connectivity index (χ2v) is 19.0. The number of ether oxygens (including phenoxy) is 2. The van der Waals surface area contributed by atoms with Crippen molar-refractivity contribution in [3.8, 4) is 0 Å². The first kappa shape index (κ1) is 52.2. The maximum absolute atomic E-state index is 13.2. The number of imide groups is 1. The number of benzene rings is 2. The van der Waals surface area contributed by atoms with Crippen molar-refractivity contribution < 1.29 is 38.2 Å². The van der Waals surface area contributed by atoms with Crippen LogP contribution in [0.25, 0.3) is 11.0 Å². The minimum Gasteiger partial charge on any atom is -0.445 e. The zero-order valence-electron chi connectivity index (χ0n) is 41.3. The maximum atomic E-state index is 13.2. The predicted octanol–water partition coefficient (Wildman–Crippen LogP) is 6.08. The SMILES string of the molecule is CCCCCNc1nc(N)nc2ccn(Cc3ccc(CN4CCN(C(=O)OCc5ccc(CC(=O)[C@H](C)NC(=O)[C@@H](CC(=O)CCOCCN6C(=O)CC(C)C6=O)C(C)C)cc5)CC4)cc3C)c12. The highest BCUT2D eigenvalue weighted by Crippen LogP contribution is 2.26. The molecular formula is C52H71N9O8. The summed E-state index contributed by atoms with van der Waals surface area (Å²) in [6, 6.07) is 15.1. The summed E-state index contributed by atoms with van der Waals surface area (Å²) in [6.45, 7) is 16.8. The molecule has 4 N–H and O–H groups in total. The third-order valence-electron chi connectivity index (χ3n) is 13.1. The van der Waals surface area contributed by atoms with Gasteiger partial charge in [0.05, 0.1) is 31.3 Å². The van der Waals surface area contributed by atoms with Crippen molar-refractivity contribution in [1.82, 2.24) is 34.6 Å². The molecule has 2 fully saturated rings. The highest BCUT2D eigenvalue weighted by atomic mass is 16.6. The van der Waals surface area contributed by atoms with Crippen LogP contribution in [0.1, 0.15) is 101 Å². The Hall–Kier alpha value is -6.20. The molecular weight excluding hydrogens is 879 g/mol. The van der Waals surface area contributed by atoms with Crippen molar-refractivity contribution in [2.24, 2.45) is 17.8 Å². The van der Waals surface area contributed by atoms with Crippen molar-refractivity contribution in [3.05, 3.63) is 82.5 Å². The lowest BCUT2D eigenvalue weighted by Gasteiger charge is -2.34. The molecule has 0 saturated carbocycles. The quantitative estimate of drug-likeness (QED) is 0.0509. The molecule has 2 saturated heterocycles. The van der Waals surface area contributed by atoms with E-state index in [0.717, 1.165) is 73.4 Å². The Morgan fingerprint density at radius 3 is 2.30 bits per heavy atom. The van der Waals surface area contributed by atoms with Gasteiger partial charge in [-0.15, -0.1) is 0 Å². The summed E-state index contributed by atoms with van der Waals surface area (Å²) in [5, 5.41) is 6.28. The molecule has 3 atom stereocenters. The molecule has 2 aromatic carbocycles. The standard InChI is InChI=1S/C52H71N9O8/c1-7-8-9-18-54-48-47-44(56-51(53)57-48)16-19-60(47)32-41-15-14-40(27-35(41)4)31-58-20-22-59(23-21-58)52(67)69-33-39-12-10-38(11-13-39)29-45(63)37(6)55-49(65)43(34(2)3)30-42(62)17-25-68-26-24-61-46(64)28-36(5)50(61)66/h10-16,19,27,34,36-37,43H,7-9,17-18,20-26,28-33H2,1-6H3,(H,55,65)(H3,53,54,56,57)/t36?,37-,43-/m0/s1. The molecule has 0 spiro atoms. The lowest BCUT2D eigenvalue weighted by molar-refractivity contribution is -0.140. The van der Waals surface area contributed by atoms with Gasteiger partial charge in [0.1, 0.15) is 17.9 Å². The number of Topliss-reactive ketones (excluding diaryl/α,β-unsaturated/α-hetero) is 2. The smallest absolute Gasteiger partial charge is 0.410 e. The van der Waals surface area contributed by atoms with Gasteiger partial charge in [-0.3, -0.25) is 33.8 Å². The minimum atomic E-state index is -0.766. The number of nitrogens with one attached hydrogen (secondary N) is 2. The molecule has 0 aliphatic carbocycles. The second-order valence-electron chi connectivity index (χ2n) is 19.0. The lowest BCUT2D eigenvalue weighted by Crippen LogP contribution is -2.48. The van der Waals surface area contributed by atoms with Crippen LogP contribution in [0.3, 0.4) is 0 Å². The number of nitrogen functional groups attached to an aromatic ring is 1. The number of fused-ring (bicyclic) bond motifs is 1. The number of hydrogen-bond acceptors (Lipinski definition) is 13. The highest BCUT2D eigenvalue weighted by Gasteiger charge is 2.35. The van der Waals surface area contributed by atoms with Crippen molar-refractivity contribution in [2.45, 2.75) is 112 Å². The zero-order chi connectivity index (χ0) is 49.6. The Balaban J connectivity index is 0.879. The minimum absolute atomic E-state index is 0.00764. The van der Waals surface area contributed by atoms with Gasteiger partial charge < -0.3 is 35.3 Å². The van der Waals surface area contributed by atoms with E-state index in [0.29, 0.717) is 19.6 Å². The van der Waals surface area contributed by atoms with Crippen molar-refractivity contribution in [3.63, 3.8) is 0 Å². The molecule has 69 heavy (non-hydrogen) atoms. The molecule has 0 radical (unpaired) electrons. The Morgan fingerprint density at radius 1 is 0.899 bits per heavy atom. The van der Waals surface area contributed by atoms with Crippen LogP contribution < -0.4 is 16.4 Å².